The lowest BCUT2D eigenvalue weighted by Gasteiger charge is -2.11. The second kappa shape index (κ2) is 7.68. The number of rotatable bonds is 4. The van der Waals surface area contributed by atoms with Gasteiger partial charge in [-0.25, -0.2) is 4.98 Å². The summed E-state index contributed by atoms with van der Waals surface area (Å²) in [6, 6.07) is 21.7. The average molecular weight is 367 g/mol. The molecule has 0 aliphatic rings. The van der Waals surface area contributed by atoms with Gasteiger partial charge in [0.1, 0.15) is 29.4 Å². The topological polar surface area (TPSA) is 66.7 Å². The molecule has 0 saturated carbocycles. The van der Waals surface area contributed by atoms with E-state index in [1.165, 1.54) is 6.07 Å². The zero-order valence-electron chi connectivity index (χ0n) is 14.8. The van der Waals surface area contributed by atoms with E-state index in [9.17, 15) is 9.90 Å². The number of ether oxygens (including phenoxy) is 1. The molecule has 0 radical (unpaired) electrons. The van der Waals surface area contributed by atoms with Crippen LogP contribution in [0.15, 0.2) is 79.0 Å². The van der Waals surface area contributed by atoms with Crippen LogP contribution in [0.1, 0.15) is 27.3 Å². The van der Waals surface area contributed by atoms with Crippen LogP contribution >= 0.6 is 0 Å². The summed E-state index contributed by atoms with van der Waals surface area (Å²) in [6.07, 6.45) is 1.88. The molecule has 0 bridgehead atoms. The van der Waals surface area contributed by atoms with Crippen LogP contribution in [0.3, 0.4) is 0 Å². The average Bonchev–Trinajstić information content (AvgIpc) is 3.09. The van der Waals surface area contributed by atoms with E-state index in [-0.39, 0.29) is 17.9 Å². The molecule has 0 atom stereocenters. The molecule has 136 valence electrons. The second-order valence-electron chi connectivity index (χ2n) is 6.02. The van der Waals surface area contributed by atoms with Crippen molar-refractivity contribution in [2.24, 2.45) is 0 Å². The van der Waals surface area contributed by atoms with Gasteiger partial charge in [0.05, 0.1) is 5.97 Å². The predicted octanol–water partition coefficient (Wildman–Crippen LogP) is 2.68. The molecule has 0 amide bonds. The van der Waals surface area contributed by atoms with Crippen molar-refractivity contribution in [3.05, 3.63) is 102 Å². The molecule has 0 saturated heterocycles. The van der Waals surface area contributed by atoms with E-state index in [1.54, 1.807) is 18.2 Å². The number of imidazole rings is 1. The summed E-state index contributed by atoms with van der Waals surface area (Å²) in [4.78, 5) is 15.9. The van der Waals surface area contributed by atoms with Crippen LogP contribution in [-0.4, -0.2) is 15.4 Å². The van der Waals surface area contributed by atoms with Crippen LogP contribution in [-0.2, 0) is 6.61 Å². The molecule has 0 fully saturated rings. The first-order valence-electron chi connectivity index (χ1n) is 8.68. The number of carboxylic acids is 1. The van der Waals surface area contributed by atoms with Crippen molar-refractivity contribution in [2.45, 2.75) is 6.61 Å². The highest BCUT2D eigenvalue weighted by atomic mass is 16.5. The highest BCUT2D eigenvalue weighted by Crippen LogP contribution is 2.20. The van der Waals surface area contributed by atoms with Gasteiger partial charge in [-0.2, -0.15) is 0 Å². The van der Waals surface area contributed by atoms with Crippen molar-refractivity contribution in [3.8, 4) is 17.6 Å². The smallest absolute Gasteiger partial charge is 0.138 e. The van der Waals surface area contributed by atoms with Gasteiger partial charge in [-0.15, -0.1) is 0 Å². The van der Waals surface area contributed by atoms with Crippen molar-refractivity contribution in [1.82, 2.24) is 9.38 Å². The molecule has 2 heterocycles. The van der Waals surface area contributed by atoms with E-state index in [0.717, 1.165) is 11.2 Å². The van der Waals surface area contributed by atoms with E-state index in [0.29, 0.717) is 11.4 Å². The SMILES string of the molecule is O=C([O-])c1ccccc1OCc1nc2ccccn2c1C#Cc1ccccc1. The fraction of sp³-hybridized carbons (Fsp3) is 0.0435. The summed E-state index contributed by atoms with van der Waals surface area (Å²) in [5.74, 6) is 5.26. The lowest BCUT2D eigenvalue weighted by atomic mass is 10.2. The maximum atomic E-state index is 11.3. The predicted molar refractivity (Wildman–Crippen MR) is 103 cm³/mol. The Kier molecular flexibility index (Phi) is 4.77. The maximum Gasteiger partial charge on any atom is 0.138 e. The molecule has 2 aromatic carbocycles. The molecule has 5 nitrogen and oxygen atoms in total. The van der Waals surface area contributed by atoms with E-state index in [1.807, 2.05) is 59.1 Å². The Morgan fingerprint density at radius 2 is 1.71 bits per heavy atom. The monoisotopic (exact) mass is 367 g/mol. The minimum atomic E-state index is -1.28. The molecular formula is C23H15N2O3-. The van der Waals surface area contributed by atoms with Crippen molar-refractivity contribution in [3.63, 3.8) is 0 Å². The molecule has 0 aliphatic carbocycles. The Balaban J connectivity index is 1.70. The highest BCUT2D eigenvalue weighted by molar-refractivity contribution is 5.89. The van der Waals surface area contributed by atoms with Crippen molar-refractivity contribution < 1.29 is 14.6 Å². The molecular weight excluding hydrogens is 352 g/mol. The second-order valence-corrected chi connectivity index (χ2v) is 6.02. The molecule has 2 aromatic heterocycles. The van der Waals surface area contributed by atoms with Crippen LogP contribution in [0, 0.1) is 11.8 Å². The van der Waals surface area contributed by atoms with E-state index >= 15 is 0 Å². The van der Waals surface area contributed by atoms with E-state index in [2.05, 4.69) is 16.8 Å². The molecule has 5 heteroatoms. The quantitative estimate of drug-likeness (QED) is 0.520. The van der Waals surface area contributed by atoms with Gasteiger partial charge >= 0.3 is 0 Å². The number of pyridine rings is 1. The Bertz CT molecular complexity index is 1200. The zero-order valence-corrected chi connectivity index (χ0v) is 14.8. The standard InChI is InChI=1S/C23H16N2O3/c26-23(27)18-10-4-5-11-21(18)28-16-19-20(14-13-17-8-2-1-3-9-17)25-15-7-6-12-22(25)24-19/h1-12,15H,16H2,(H,26,27)/p-1. The van der Waals surface area contributed by atoms with Gasteiger partial charge in [0.2, 0.25) is 0 Å². The summed E-state index contributed by atoms with van der Waals surface area (Å²) in [5, 5.41) is 11.3. The van der Waals surface area contributed by atoms with Gasteiger partial charge in [0, 0.05) is 17.3 Å². The van der Waals surface area contributed by atoms with Gasteiger partial charge < -0.3 is 14.6 Å². The number of fused-ring (bicyclic) bond motifs is 1. The molecule has 0 unspecified atom stereocenters. The molecule has 0 spiro atoms. The Labute approximate surface area is 161 Å². The highest BCUT2D eigenvalue weighted by Gasteiger charge is 2.12. The molecule has 4 aromatic rings. The van der Waals surface area contributed by atoms with E-state index < -0.39 is 5.97 Å². The number of para-hydroxylation sites is 1. The maximum absolute atomic E-state index is 11.3. The van der Waals surface area contributed by atoms with Gasteiger partial charge in [-0.1, -0.05) is 42.3 Å². The third-order valence-corrected chi connectivity index (χ3v) is 4.17. The minimum Gasteiger partial charge on any atom is -0.545 e. The third kappa shape index (κ3) is 3.57. The first kappa shape index (κ1) is 17.4. The molecule has 0 aliphatic heterocycles. The summed E-state index contributed by atoms with van der Waals surface area (Å²) in [6.45, 7) is 0.0881. The van der Waals surface area contributed by atoms with Crippen molar-refractivity contribution >= 4 is 11.6 Å². The number of hydrogen-bond acceptors (Lipinski definition) is 4. The minimum absolute atomic E-state index is 0.00295. The number of carbonyl (C=O) groups is 1. The van der Waals surface area contributed by atoms with Gasteiger partial charge in [0.15, 0.2) is 0 Å². The van der Waals surface area contributed by atoms with Crippen LogP contribution in [0.4, 0.5) is 0 Å². The Morgan fingerprint density at radius 1 is 0.964 bits per heavy atom. The Morgan fingerprint density at radius 3 is 2.54 bits per heavy atom. The summed E-state index contributed by atoms with van der Waals surface area (Å²) in [7, 11) is 0. The largest absolute Gasteiger partial charge is 0.545 e. The van der Waals surface area contributed by atoms with Crippen LogP contribution in [0.2, 0.25) is 0 Å². The fourth-order valence-corrected chi connectivity index (χ4v) is 2.84. The van der Waals surface area contributed by atoms with E-state index in [4.69, 9.17) is 4.74 Å². The number of carboxylic acid groups (broad SMARTS) is 1. The molecule has 0 N–H and O–H groups in total. The van der Waals surface area contributed by atoms with Gasteiger partial charge in [-0.05, 0) is 42.3 Å². The summed E-state index contributed by atoms with van der Waals surface area (Å²) in [5.41, 5.74) is 2.96. The zero-order chi connectivity index (χ0) is 19.3. The number of carbonyl (C=O) groups excluding carboxylic acids is 1. The summed E-state index contributed by atoms with van der Waals surface area (Å²) >= 11 is 0. The molecule has 28 heavy (non-hydrogen) atoms. The third-order valence-electron chi connectivity index (χ3n) is 4.17. The van der Waals surface area contributed by atoms with Gasteiger partial charge in [-0.3, -0.25) is 4.40 Å². The number of hydrogen-bond donors (Lipinski definition) is 0. The lowest BCUT2D eigenvalue weighted by molar-refractivity contribution is -0.255. The number of benzene rings is 2. The van der Waals surface area contributed by atoms with Crippen LogP contribution in [0.5, 0.6) is 5.75 Å². The first-order valence-corrected chi connectivity index (χ1v) is 8.68. The van der Waals surface area contributed by atoms with Crippen LogP contribution < -0.4 is 9.84 Å². The first-order chi connectivity index (χ1) is 13.7. The number of nitrogens with zero attached hydrogens (tertiary/aromatic N) is 2. The van der Waals surface area contributed by atoms with Crippen LogP contribution in [0.25, 0.3) is 5.65 Å². The number of aromatic carboxylic acids is 1. The van der Waals surface area contributed by atoms with Gasteiger partial charge in [0.25, 0.3) is 0 Å². The van der Waals surface area contributed by atoms with Crippen molar-refractivity contribution in [2.75, 3.05) is 0 Å². The van der Waals surface area contributed by atoms with Crippen molar-refractivity contribution in [1.29, 1.82) is 0 Å². The number of aromatic nitrogens is 2. The lowest BCUT2D eigenvalue weighted by Crippen LogP contribution is -2.23. The fourth-order valence-electron chi connectivity index (χ4n) is 2.84. The normalized spacial score (nSPS) is 10.3. The Hall–Kier alpha value is -4.04. The molecule has 4 rings (SSSR count). The summed E-state index contributed by atoms with van der Waals surface area (Å²) < 4.78 is 7.63.